The molecule has 1 saturated heterocycles. The zero-order valence-electron chi connectivity index (χ0n) is 16.2. The highest BCUT2D eigenvalue weighted by Crippen LogP contribution is 2.11. The topological polar surface area (TPSA) is 85.6 Å². The van der Waals surface area contributed by atoms with Gasteiger partial charge in [-0.2, -0.15) is 0 Å². The fraction of sp³-hybridized carbons (Fsp3) is 0.526. The van der Waals surface area contributed by atoms with Crippen LogP contribution >= 0.6 is 24.0 Å². The summed E-state index contributed by atoms with van der Waals surface area (Å²) in [7, 11) is 1.77. The third-order valence-electron chi connectivity index (χ3n) is 4.35. The molecule has 154 valence electrons. The SMILES string of the molecule is CN=C(NCCCOCC1CCCO1)NCc1ccnc(-n2ccnc2)c1.I. The monoisotopic (exact) mass is 500 g/mol. The number of ether oxygens (including phenoxy) is 2. The van der Waals surface area contributed by atoms with Gasteiger partial charge in [-0.1, -0.05) is 0 Å². The molecule has 0 spiro atoms. The van der Waals surface area contributed by atoms with E-state index in [0.29, 0.717) is 19.3 Å². The fourth-order valence-electron chi connectivity index (χ4n) is 2.88. The van der Waals surface area contributed by atoms with E-state index in [1.54, 1.807) is 25.8 Å². The highest BCUT2D eigenvalue weighted by molar-refractivity contribution is 14.0. The van der Waals surface area contributed by atoms with Gasteiger partial charge in [0.1, 0.15) is 12.1 Å². The van der Waals surface area contributed by atoms with Gasteiger partial charge >= 0.3 is 0 Å². The largest absolute Gasteiger partial charge is 0.379 e. The lowest BCUT2D eigenvalue weighted by molar-refractivity contribution is 0.0168. The molecule has 2 N–H and O–H groups in total. The van der Waals surface area contributed by atoms with Crippen LogP contribution in [0.1, 0.15) is 24.8 Å². The molecule has 1 atom stereocenters. The summed E-state index contributed by atoms with van der Waals surface area (Å²) in [5, 5.41) is 6.63. The summed E-state index contributed by atoms with van der Waals surface area (Å²) in [6.45, 7) is 3.77. The van der Waals surface area contributed by atoms with Gasteiger partial charge in [0.2, 0.25) is 0 Å². The quantitative estimate of drug-likeness (QED) is 0.238. The van der Waals surface area contributed by atoms with Gasteiger partial charge in [0.05, 0.1) is 12.7 Å². The minimum Gasteiger partial charge on any atom is -0.379 e. The number of imidazole rings is 1. The summed E-state index contributed by atoms with van der Waals surface area (Å²) in [5.74, 6) is 1.62. The smallest absolute Gasteiger partial charge is 0.191 e. The van der Waals surface area contributed by atoms with Crippen molar-refractivity contribution in [3.05, 3.63) is 42.6 Å². The van der Waals surface area contributed by atoms with Crippen LogP contribution in [0.5, 0.6) is 0 Å². The average Bonchev–Trinajstić information content (AvgIpc) is 3.41. The molecule has 9 heteroatoms. The Hall–Kier alpha value is -1.72. The summed E-state index contributed by atoms with van der Waals surface area (Å²) in [4.78, 5) is 12.7. The lowest BCUT2D eigenvalue weighted by atomic mass is 10.2. The molecule has 0 aliphatic carbocycles. The summed E-state index contributed by atoms with van der Waals surface area (Å²) < 4.78 is 13.1. The van der Waals surface area contributed by atoms with E-state index in [2.05, 4.69) is 25.6 Å². The standard InChI is InChI=1S/C19H28N6O2.HI/c1-20-19(23-6-3-10-26-14-17-4-2-11-27-17)24-13-16-5-7-22-18(12-16)25-9-8-21-15-25;/h5,7-9,12,15,17H,2-4,6,10-11,13-14H2,1H3,(H2,20,23,24);1H. The van der Waals surface area contributed by atoms with Crippen LogP contribution in [0.2, 0.25) is 0 Å². The molecule has 8 nitrogen and oxygen atoms in total. The second-order valence-electron chi connectivity index (χ2n) is 6.41. The highest BCUT2D eigenvalue weighted by atomic mass is 127. The van der Waals surface area contributed by atoms with Gasteiger partial charge in [-0.15, -0.1) is 24.0 Å². The highest BCUT2D eigenvalue weighted by Gasteiger charge is 2.14. The molecule has 28 heavy (non-hydrogen) atoms. The first-order valence-electron chi connectivity index (χ1n) is 9.42. The van der Waals surface area contributed by atoms with Crippen molar-refractivity contribution < 1.29 is 9.47 Å². The summed E-state index contributed by atoms with van der Waals surface area (Å²) in [5.41, 5.74) is 1.12. The van der Waals surface area contributed by atoms with Crippen LogP contribution in [0.3, 0.4) is 0 Å². The van der Waals surface area contributed by atoms with Gasteiger partial charge in [0.25, 0.3) is 0 Å². The van der Waals surface area contributed by atoms with Crippen molar-refractivity contribution in [3.8, 4) is 5.82 Å². The Morgan fingerprint density at radius 2 is 2.32 bits per heavy atom. The van der Waals surface area contributed by atoms with E-state index in [-0.39, 0.29) is 24.0 Å². The number of rotatable bonds is 9. The number of guanidine groups is 1. The summed E-state index contributed by atoms with van der Waals surface area (Å²) >= 11 is 0. The zero-order valence-corrected chi connectivity index (χ0v) is 18.5. The lowest BCUT2D eigenvalue weighted by Gasteiger charge is -2.13. The summed E-state index contributed by atoms with van der Waals surface area (Å²) in [6, 6.07) is 4.01. The maximum atomic E-state index is 5.67. The molecule has 2 aromatic rings. The van der Waals surface area contributed by atoms with Crippen LogP contribution in [0.15, 0.2) is 42.0 Å². The van der Waals surface area contributed by atoms with Crippen LogP contribution in [0.4, 0.5) is 0 Å². The molecule has 0 bridgehead atoms. The Morgan fingerprint density at radius 3 is 3.07 bits per heavy atom. The third-order valence-corrected chi connectivity index (χ3v) is 4.35. The number of hydrogen-bond donors (Lipinski definition) is 2. The Balaban J connectivity index is 0.00000280. The van der Waals surface area contributed by atoms with Gasteiger partial charge in [0.15, 0.2) is 5.96 Å². The number of halogens is 1. The molecule has 0 amide bonds. The van der Waals surface area contributed by atoms with Crippen molar-refractivity contribution in [2.75, 3.05) is 33.4 Å². The minimum absolute atomic E-state index is 0. The number of hydrogen-bond acceptors (Lipinski definition) is 5. The average molecular weight is 500 g/mol. The van der Waals surface area contributed by atoms with Crippen molar-refractivity contribution >= 4 is 29.9 Å². The molecule has 0 aromatic carbocycles. The molecule has 0 radical (unpaired) electrons. The molecule has 1 aliphatic heterocycles. The van der Waals surface area contributed by atoms with Crippen molar-refractivity contribution in [2.24, 2.45) is 4.99 Å². The van der Waals surface area contributed by atoms with Crippen molar-refractivity contribution in [1.82, 2.24) is 25.2 Å². The molecule has 3 heterocycles. The number of pyridine rings is 1. The van der Waals surface area contributed by atoms with Crippen LogP contribution in [0.25, 0.3) is 5.82 Å². The first-order chi connectivity index (χ1) is 13.3. The first kappa shape index (κ1) is 22.6. The maximum Gasteiger partial charge on any atom is 0.191 e. The molecular weight excluding hydrogens is 471 g/mol. The molecule has 3 rings (SSSR count). The number of aromatic nitrogens is 3. The van der Waals surface area contributed by atoms with Gasteiger partial charge in [-0.05, 0) is 37.0 Å². The van der Waals surface area contributed by atoms with Crippen LogP contribution in [-0.2, 0) is 16.0 Å². The van der Waals surface area contributed by atoms with Crippen LogP contribution in [-0.4, -0.2) is 60.0 Å². The molecule has 1 fully saturated rings. The van der Waals surface area contributed by atoms with E-state index in [1.165, 1.54) is 0 Å². The van der Waals surface area contributed by atoms with Crippen molar-refractivity contribution in [3.63, 3.8) is 0 Å². The number of aliphatic imine (C=N–C) groups is 1. The fourth-order valence-corrected chi connectivity index (χ4v) is 2.88. The van der Waals surface area contributed by atoms with Crippen molar-refractivity contribution in [1.29, 1.82) is 0 Å². The number of nitrogens with one attached hydrogen (secondary N) is 2. The Labute approximate surface area is 183 Å². The van der Waals surface area contributed by atoms with E-state index in [1.807, 2.05) is 22.9 Å². The Kier molecular flexibility index (Phi) is 10.2. The predicted molar refractivity (Wildman–Crippen MR) is 119 cm³/mol. The van der Waals surface area contributed by atoms with Gasteiger partial charge < -0.3 is 20.1 Å². The molecular formula is C19H29IN6O2. The second kappa shape index (κ2) is 12.7. The van der Waals surface area contributed by atoms with Crippen LogP contribution < -0.4 is 10.6 Å². The lowest BCUT2D eigenvalue weighted by Crippen LogP contribution is -2.37. The van der Waals surface area contributed by atoms with E-state index in [4.69, 9.17) is 9.47 Å². The van der Waals surface area contributed by atoms with Crippen molar-refractivity contribution in [2.45, 2.75) is 31.9 Å². The van der Waals surface area contributed by atoms with E-state index in [9.17, 15) is 0 Å². The van der Waals surface area contributed by atoms with Gasteiger partial charge in [-0.25, -0.2) is 9.97 Å². The molecule has 1 unspecified atom stereocenters. The van der Waals surface area contributed by atoms with Gasteiger partial charge in [-0.3, -0.25) is 9.56 Å². The zero-order chi connectivity index (χ0) is 18.7. The van der Waals surface area contributed by atoms with Crippen LogP contribution in [0, 0.1) is 0 Å². The normalized spacial score (nSPS) is 16.6. The predicted octanol–water partition coefficient (Wildman–Crippen LogP) is 2.14. The molecule has 2 aromatic heterocycles. The van der Waals surface area contributed by atoms with E-state index < -0.39 is 0 Å². The maximum absolute atomic E-state index is 5.67. The summed E-state index contributed by atoms with van der Waals surface area (Å²) in [6.07, 6.45) is 10.6. The Bertz CT molecular complexity index is 704. The Morgan fingerprint density at radius 1 is 1.39 bits per heavy atom. The van der Waals surface area contributed by atoms with Gasteiger partial charge in [0, 0.05) is 51.9 Å². The minimum atomic E-state index is 0. The van der Waals surface area contributed by atoms with E-state index >= 15 is 0 Å². The number of nitrogens with zero attached hydrogens (tertiary/aromatic N) is 4. The third kappa shape index (κ3) is 7.36. The molecule has 1 aliphatic rings. The first-order valence-corrected chi connectivity index (χ1v) is 9.42. The van der Waals surface area contributed by atoms with E-state index in [0.717, 1.165) is 56.4 Å². The second-order valence-corrected chi connectivity index (χ2v) is 6.41. The molecule has 0 saturated carbocycles.